The average molecular weight is 182 g/mol. The maximum absolute atomic E-state index is 11.1. The quantitative estimate of drug-likeness (QED) is 0.639. The van der Waals surface area contributed by atoms with Crippen molar-refractivity contribution >= 4 is 5.91 Å². The molecule has 1 fully saturated rings. The summed E-state index contributed by atoms with van der Waals surface area (Å²) in [6.45, 7) is 5.22. The highest BCUT2D eigenvalue weighted by Crippen LogP contribution is 2.55. The van der Waals surface area contributed by atoms with Crippen LogP contribution in [0.4, 0.5) is 0 Å². The number of rotatable bonds is 2. The van der Waals surface area contributed by atoms with Crippen LogP contribution in [0.15, 0.2) is 0 Å². The Kier molecular flexibility index (Phi) is 2.08. The summed E-state index contributed by atoms with van der Waals surface area (Å²) >= 11 is 0. The molecule has 0 spiro atoms. The van der Waals surface area contributed by atoms with Gasteiger partial charge < -0.3 is 10.4 Å². The van der Waals surface area contributed by atoms with Crippen molar-refractivity contribution in [2.45, 2.75) is 38.8 Å². The molecular weight excluding hydrogens is 168 g/mol. The molecule has 0 saturated heterocycles. The summed E-state index contributed by atoms with van der Waals surface area (Å²) in [5.74, 6) is -0.480. The van der Waals surface area contributed by atoms with E-state index in [9.17, 15) is 4.79 Å². The maximum Gasteiger partial charge on any atom is 0.249 e. The average Bonchev–Trinajstić information content (AvgIpc) is 2.54. The predicted molar refractivity (Wildman–Crippen MR) is 46.6 cm³/mol. The first-order valence-corrected chi connectivity index (χ1v) is 4.26. The molecule has 1 aliphatic rings. The summed E-state index contributed by atoms with van der Waals surface area (Å²) in [4.78, 5) is 11.1. The van der Waals surface area contributed by atoms with Crippen molar-refractivity contribution in [2.75, 3.05) is 0 Å². The van der Waals surface area contributed by atoms with E-state index >= 15 is 0 Å². The van der Waals surface area contributed by atoms with E-state index in [1.165, 1.54) is 6.92 Å². The molecular formula is C9H14N2O2. The zero-order valence-corrected chi connectivity index (χ0v) is 8.09. The monoisotopic (exact) mass is 182 g/mol. The van der Waals surface area contributed by atoms with Gasteiger partial charge in [-0.15, -0.1) is 0 Å². The van der Waals surface area contributed by atoms with Crippen molar-refractivity contribution in [1.29, 1.82) is 5.26 Å². The molecule has 2 atom stereocenters. The van der Waals surface area contributed by atoms with Gasteiger partial charge in [-0.1, -0.05) is 13.8 Å². The van der Waals surface area contributed by atoms with Crippen LogP contribution < -0.4 is 5.32 Å². The van der Waals surface area contributed by atoms with Crippen LogP contribution in [0.5, 0.6) is 0 Å². The fourth-order valence-electron chi connectivity index (χ4n) is 1.37. The minimum absolute atomic E-state index is 0.174. The molecule has 13 heavy (non-hydrogen) atoms. The smallest absolute Gasteiger partial charge is 0.249 e. The number of carbonyl (C=O) groups is 1. The Balaban J connectivity index is 2.66. The Morgan fingerprint density at radius 1 is 1.69 bits per heavy atom. The lowest BCUT2D eigenvalue weighted by Gasteiger charge is -2.15. The molecule has 1 rings (SSSR count). The molecule has 4 heteroatoms. The highest BCUT2D eigenvalue weighted by molar-refractivity contribution is 5.82. The number of nitrogens with zero attached hydrogens (tertiary/aromatic N) is 1. The lowest BCUT2D eigenvalue weighted by Crippen LogP contribution is -2.43. The molecule has 1 amide bonds. The zero-order valence-electron chi connectivity index (χ0n) is 8.09. The summed E-state index contributed by atoms with van der Waals surface area (Å²) in [5, 5.41) is 20.4. The van der Waals surface area contributed by atoms with Gasteiger partial charge in [0.1, 0.15) is 11.6 Å². The second-order valence-electron chi connectivity index (χ2n) is 4.24. The SMILES string of the molecule is C[C@@H](O)C(=O)NC1(C#N)CC1(C)C. The second kappa shape index (κ2) is 2.71. The summed E-state index contributed by atoms with van der Waals surface area (Å²) in [7, 11) is 0. The number of hydrogen-bond donors (Lipinski definition) is 2. The number of carbonyl (C=O) groups excluding carboxylic acids is 1. The van der Waals surface area contributed by atoms with E-state index in [0.717, 1.165) is 0 Å². The minimum atomic E-state index is -1.05. The zero-order chi connectivity index (χ0) is 10.3. The molecule has 0 radical (unpaired) electrons. The lowest BCUT2D eigenvalue weighted by atomic mass is 10.1. The number of aliphatic hydroxyl groups is 1. The standard InChI is InChI=1S/C9H14N2O2/c1-6(12)7(13)11-9(5-10)4-8(9,2)3/h6,12H,4H2,1-3H3,(H,11,13)/t6-,9?/m1/s1. The normalized spacial score (nSPS) is 31.6. The van der Waals surface area contributed by atoms with E-state index in [1.54, 1.807) is 0 Å². The first kappa shape index (κ1) is 10.0. The first-order chi connectivity index (χ1) is 5.84. The van der Waals surface area contributed by atoms with Crippen LogP contribution in [-0.4, -0.2) is 22.7 Å². The van der Waals surface area contributed by atoms with Crippen LogP contribution in [-0.2, 0) is 4.79 Å². The van der Waals surface area contributed by atoms with E-state index in [4.69, 9.17) is 10.4 Å². The minimum Gasteiger partial charge on any atom is -0.384 e. The maximum atomic E-state index is 11.1. The Morgan fingerprint density at radius 3 is 2.38 bits per heavy atom. The van der Waals surface area contributed by atoms with Gasteiger partial charge >= 0.3 is 0 Å². The first-order valence-electron chi connectivity index (χ1n) is 4.26. The van der Waals surface area contributed by atoms with Gasteiger partial charge in [-0.05, 0) is 13.3 Å². The molecule has 4 nitrogen and oxygen atoms in total. The summed E-state index contributed by atoms with van der Waals surface area (Å²) in [5.41, 5.74) is -0.937. The Labute approximate surface area is 77.6 Å². The van der Waals surface area contributed by atoms with Crippen LogP contribution in [0, 0.1) is 16.7 Å². The van der Waals surface area contributed by atoms with Crippen LogP contribution in [0.3, 0.4) is 0 Å². The molecule has 0 bridgehead atoms. The topological polar surface area (TPSA) is 73.1 Å². The molecule has 0 aromatic rings. The Bertz CT molecular complexity index is 278. The van der Waals surface area contributed by atoms with Crippen molar-refractivity contribution in [1.82, 2.24) is 5.32 Å². The predicted octanol–water partition coefficient (Wildman–Crippen LogP) is 0.176. The van der Waals surface area contributed by atoms with Gasteiger partial charge in [0.25, 0.3) is 0 Å². The summed E-state index contributed by atoms with van der Waals surface area (Å²) in [6, 6.07) is 2.09. The fourth-order valence-corrected chi connectivity index (χ4v) is 1.37. The van der Waals surface area contributed by atoms with Crippen molar-refractivity contribution < 1.29 is 9.90 Å². The third-order valence-corrected chi connectivity index (χ3v) is 2.64. The van der Waals surface area contributed by atoms with Crippen molar-refractivity contribution in [3.05, 3.63) is 0 Å². The summed E-state index contributed by atoms with van der Waals surface area (Å²) < 4.78 is 0. The highest BCUT2D eigenvalue weighted by atomic mass is 16.3. The van der Waals surface area contributed by atoms with Crippen LogP contribution in [0.25, 0.3) is 0 Å². The number of amides is 1. The van der Waals surface area contributed by atoms with Crippen molar-refractivity contribution in [2.24, 2.45) is 5.41 Å². The Hall–Kier alpha value is -1.08. The van der Waals surface area contributed by atoms with Crippen LogP contribution in [0.2, 0.25) is 0 Å². The molecule has 1 unspecified atom stereocenters. The molecule has 0 aliphatic heterocycles. The lowest BCUT2D eigenvalue weighted by molar-refractivity contribution is -0.129. The molecule has 0 heterocycles. The van der Waals surface area contributed by atoms with Crippen LogP contribution >= 0.6 is 0 Å². The third-order valence-electron chi connectivity index (χ3n) is 2.64. The molecule has 0 aromatic carbocycles. The second-order valence-corrected chi connectivity index (χ2v) is 4.24. The van der Waals surface area contributed by atoms with Crippen LogP contribution in [0.1, 0.15) is 27.2 Å². The van der Waals surface area contributed by atoms with Gasteiger partial charge in [0, 0.05) is 5.41 Å². The Morgan fingerprint density at radius 2 is 2.15 bits per heavy atom. The van der Waals surface area contributed by atoms with Crippen molar-refractivity contribution in [3.63, 3.8) is 0 Å². The van der Waals surface area contributed by atoms with Gasteiger partial charge in [0.15, 0.2) is 0 Å². The molecule has 0 aromatic heterocycles. The van der Waals surface area contributed by atoms with Gasteiger partial charge in [-0.2, -0.15) is 5.26 Å². The van der Waals surface area contributed by atoms with E-state index in [-0.39, 0.29) is 5.41 Å². The van der Waals surface area contributed by atoms with Gasteiger partial charge in [-0.3, -0.25) is 4.79 Å². The number of hydrogen-bond acceptors (Lipinski definition) is 3. The fraction of sp³-hybridized carbons (Fsp3) is 0.778. The number of aliphatic hydroxyl groups excluding tert-OH is 1. The van der Waals surface area contributed by atoms with Gasteiger partial charge in [0.05, 0.1) is 6.07 Å². The van der Waals surface area contributed by atoms with Gasteiger partial charge in [0.2, 0.25) is 5.91 Å². The summed E-state index contributed by atoms with van der Waals surface area (Å²) in [6.07, 6.45) is -0.406. The van der Waals surface area contributed by atoms with E-state index in [2.05, 4.69) is 11.4 Å². The number of nitrogens with one attached hydrogen (secondary N) is 1. The van der Waals surface area contributed by atoms with E-state index in [1.807, 2.05) is 13.8 Å². The molecule has 1 saturated carbocycles. The molecule has 72 valence electrons. The molecule has 2 N–H and O–H groups in total. The van der Waals surface area contributed by atoms with E-state index < -0.39 is 17.6 Å². The largest absolute Gasteiger partial charge is 0.384 e. The molecule has 1 aliphatic carbocycles. The van der Waals surface area contributed by atoms with Gasteiger partial charge in [-0.25, -0.2) is 0 Å². The highest BCUT2D eigenvalue weighted by Gasteiger charge is 2.63. The number of nitriles is 1. The van der Waals surface area contributed by atoms with E-state index in [0.29, 0.717) is 6.42 Å². The third kappa shape index (κ3) is 1.52. The van der Waals surface area contributed by atoms with Crippen molar-refractivity contribution in [3.8, 4) is 6.07 Å².